The van der Waals surface area contributed by atoms with Crippen LogP contribution in [0.2, 0.25) is 0 Å². The van der Waals surface area contributed by atoms with Gasteiger partial charge in [-0.05, 0) is 55.6 Å². The van der Waals surface area contributed by atoms with Crippen molar-refractivity contribution in [2.75, 3.05) is 19.6 Å². The van der Waals surface area contributed by atoms with Gasteiger partial charge in [0.05, 0.1) is 16.3 Å². The fourth-order valence-electron chi connectivity index (χ4n) is 3.43. The van der Waals surface area contributed by atoms with Crippen LogP contribution in [-0.4, -0.2) is 40.2 Å². The molecule has 3 aromatic rings. The van der Waals surface area contributed by atoms with Crippen LogP contribution in [0.15, 0.2) is 30.3 Å². The number of likely N-dealkylation sites (tertiary alicyclic amines) is 1. The van der Waals surface area contributed by atoms with Crippen molar-refractivity contribution in [2.45, 2.75) is 20.3 Å². The third-order valence-electron chi connectivity index (χ3n) is 5.16. The first-order valence-electron chi connectivity index (χ1n) is 8.65. The van der Waals surface area contributed by atoms with E-state index in [1.54, 1.807) is 16.8 Å². The number of nitrogens with two attached hydrogens (primary N) is 1. The van der Waals surface area contributed by atoms with Crippen LogP contribution in [0.5, 0.6) is 0 Å². The highest BCUT2D eigenvalue weighted by molar-refractivity contribution is 7.20. The van der Waals surface area contributed by atoms with Crippen molar-refractivity contribution in [3.05, 3.63) is 46.7 Å². The number of thiophene rings is 1. The Balaban J connectivity index is 0.00000210. The van der Waals surface area contributed by atoms with Gasteiger partial charge in [0.25, 0.3) is 5.91 Å². The number of nitrogens with zero attached hydrogens (tertiary/aromatic N) is 3. The molecular formula is C19H22ClFN4OS. The molecule has 0 saturated carbocycles. The molecule has 4 rings (SSSR count). The van der Waals surface area contributed by atoms with E-state index in [0.29, 0.717) is 18.0 Å². The predicted octanol–water partition coefficient (Wildman–Crippen LogP) is 3.77. The Morgan fingerprint density at radius 1 is 1.37 bits per heavy atom. The molecule has 0 bridgehead atoms. The third-order valence-corrected chi connectivity index (χ3v) is 6.26. The Morgan fingerprint density at radius 2 is 2.07 bits per heavy atom. The Morgan fingerprint density at radius 3 is 2.70 bits per heavy atom. The van der Waals surface area contributed by atoms with E-state index in [9.17, 15) is 9.18 Å². The van der Waals surface area contributed by atoms with Crippen LogP contribution >= 0.6 is 23.7 Å². The standard InChI is InChI=1S/C19H21FN4OS.ClH/c1-12-15-9-16(17(25)23-8-7-19(2,10-21)11-23)26-18(15)24(22-12)14-5-3-13(20)4-6-14;/h3-6,9H,7-8,10-11,21H2,1-2H3;1H. The predicted molar refractivity (Wildman–Crippen MR) is 109 cm³/mol. The number of hydrogen-bond donors (Lipinski definition) is 1. The molecule has 1 atom stereocenters. The summed E-state index contributed by atoms with van der Waals surface area (Å²) in [6.45, 7) is 6.07. The lowest BCUT2D eigenvalue weighted by Crippen LogP contribution is -2.34. The van der Waals surface area contributed by atoms with Gasteiger partial charge < -0.3 is 10.6 Å². The van der Waals surface area contributed by atoms with Crippen LogP contribution in [0.4, 0.5) is 4.39 Å². The van der Waals surface area contributed by atoms with E-state index in [1.807, 2.05) is 17.9 Å². The molecule has 1 aliphatic rings. The third kappa shape index (κ3) is 3.47. The van der Waals surface area contributed by atoms with Crippen LogP contribution in [0.1, 0.15) is 28.7 Å². The largest absolute Gasteiger partial charge is 0.337 e. The van der Waals surface area contributed by atoms with Crippen molar-refractivity contribution in [2.24, 2.45) is 11.1 Å². The van der Waals surface area contributed by atoms with E-state index in [0.717, 1.165) is 34.6 Å². The molecule has 0 radical (unpaired) electrons. The Kier molecular flexibility index (Phi) is 5.29. The molecular weight excluding hydrogens is 387 g/mol. The molecule has 1 saturated heterocycles. The van der Waals surface area contributed by atoms with Crippen molar-refractivity contribution in [3.63, 3.8) is 0 Å². The lowest BCUT2D eigenvalue weighted by Gasteiger charge is -2.22. The number of amides is 1. The maximum absolute atomic E-state index is 13.2. The van der Waals surface area contributed by atoms with E-state index in [-0.39, 0.29) is 29.5 Å². The van der Waals surface area contributed by atoms with Crippen molar-refractivity contribution >= 4 is 39.9 Å². The lowest BCUT2D eigenvalue weighted by molar-refractivity contribution is 0.0782. The zero-order valence-corrected chi connectivity index (χ0v) is 16.9. The summed E-state index contributed by atoms with van der Waals surface area (Å²) >= 11 is 1.43. The highest BCUT2D eigenvalue weighted by atomic mass is 35.5. The zero-order valence-electron chi connectivity index (χ0n) is 15.2. The molecule has 27 heavy (non-hydrogen) atoms. The van der Waals surface area contributed by atoms with Gasteiger partial charge in [0, 0.05) is 18.5 Å². The minimum atomic E-state index is -0.284. The summed E-state index contributed by atoms with van der Waals surface area (Å²) in [7, 11) is 0. The minimum absolute atomic E-state index is 0. The van der Waals surface area contributed by atoms with Crippen molar-refractivity contribution in [1.82, 2.24) is 14.7 Å². The quantitative estimate of drug-likeness (QED) is 0.717. The van der Waals surface area contributed by atoms with Gasteiger partial charge in [-0.25, -0.2) is 9.07 Å². The van der Waals surface area contributed by atoms with Gasteiger partial charge in [-0.1, -0.05) is 6.92 Å². The van der Waals surface area contributed by atoms with Gasteiger partial charge in [-0.15, -0.1) is 23.7 Å². The fourth-order valence-corrected chi connectivity index (χ4v) is 4.58. The molecule has 1 aliphatic heterocycles. The molecule has 1 fully saturated rings. The van der Waals surface area contributed by atoms with E-state index >= 15 is 0 Å². The van der Waals surface area contributed by atoms with Gasteiger partial charge in [-0.3, -0.25) is 4.79 Å². The highest BCUT2D eigenvalue weighted by Gasteiger charge is 2.35. The van der Waals surface area contributed by atoms with E-state index in [4.69, 9.17) is 5.73 Å². The monoisotopic (exact) mass is 408 g/mol. The molecule has 1 aromatic carbocycles. The number of aromatic nitrogens is 2. The first kappa shape index (κ1) is 19.8. The molecule has 0 spiro atoms. The number of rotatable bonds is 3. The van der Waals surface area contributed by atoms with Crippen molar-refractivity contribution in [1.29, 1.82) is 0 Å². The van der Waals surface area contributed by atoms with Crippen molar-refractivity contribution < 1.29 is 9.18 Å². The fraction of sp³-hybridized carbons (Fsp3) is 0.368. The summed E-state index contributed by atoms with van der Waals surface area (Å²) in [6.07, 6.45) is 0.933. The second kappa shape index (κ2) is 7.22. The first-order chi connectivity index (χ1) is 12.4. The number of hydrogen-bond acceptors (Lipinski definition) is 4. The average molecular weight is 409 g/mol. The summed E-state index contributed by atoms with van der Waals surface area (Å²) in [6, 6.07) is 8.12. The molecule has 3 heterocycles. The van der Waals surface area contributed by atoms with Gasteiger partial charge in [0.15, 0.2) is 0 Å². The molecule has 144 valence electrons. The number of aryl methyl sites for hydroxylation is 1. The molecule has 1 amide bonds. The summed E-state index contributed by atoms with van der Waals surface area (Å²) in [5.41, 5.74) is 7.50. The lowest BCUT2D eigenvalue weighted by atomic mass is 9.90. The van der Waals surface area contributed by atoms with Crippen LogP contribution in [-0.2, 0) is 0 Å². The minimum Gasteiger partial charge on any atom is -0.337 e. The first-order valence-corrected chi connectivity index (χ1v) is 9.46. The van der Waals surface area contributed by atoms with Crippen LogP contribution in [0.3, 0.4) is 0 Å². The maximum Gasteiger partial charge on any atom is 0.264 e. The SMILES string of the molecule is Cc1nn(-c2ccc(F)cc2)c2sc(C(=O)N3CCC(C)(CN)C3)cc12.Cl. The number of carbonyl (C=O) groups is 1. The number of carbonyl (C=O) groups excluding carboxylic acids is 1. The van der Waals surface area contributed by atoms with Crippen LogP contribution in [0.25, 0.3) is 15.9 Å². The van der Waals surface area contributed by atoms with Crippen LogP contribution in [0, 0.1) is 18.2 Å². The molecule has 0 aliphatic carbocycles. The average Bonchev–Trinajstić information content (AvgIpc) is 3.31. The van der Waals surface area contributed by atoms with E-state index < -0.39 is 0 Å². The van der Waals surface area contributed by atoms with E-state index in [2.05, 4.69) is 12.0 Å². The Hall–Kier alpha value is -1.96. The highest BCUT2D eigenvalue weighted by Crippen LogP contribution is 2.34. The second-order valence-corrected chi connectivity index (χ2v) is 8.33. The van der Waals surface area contributed by atoms with Gasteiger partial charge in [0.1, 0.15) is 10.6 Å². The normalized spacial score (nSPS) is 19.5. The Labute approximate surface area is 167 Å². The molecule has 8 heteroatoms. The van der Waals surface area contributed by atoms with Gasteiger partial charge in [0.2, 0.25) is 0 Å². The molecule has 2 aromatic heterocycles. The summed E-state index contributed by atoms with van der Waals surface area (Å²) in [5.74, 6) is -0.235. The molecule has 1 unspecified atom stereocenters. The smallest absolute Gasteiger partial charge is 0.264 e. The Bertz CT molecular complexity index is 984. The van der Waals surface area contributed by atoms with Crippen LogP contribution < -0.4 is 5.73 Å². The van der Waals surface area contributed by atoms with Gasteiger partial charge in [-0.2, -0.15) is 5.10 Å². The van der Waals surface area contributed by atoms with Crippen molar-refractivity contribution in [3.8, 4) is 5.69 Å². The molecule has 2 N–H and O–H groups in total. The summed E-state index contributed by atoms with van der Waals surface area (Å²) < 4.78 is 15.0. The number of fused-ring (bicyclic) bond motifs is 1. The summed E-state index contributed by atoms with van der Waals surface area (Å²) in [4.78, 5) is 16.4. The summed E-state index contributed by atoms with van der Waals surface area (Å²) in [5, 5.41) is 5.51. The zero-order chi connectivity index (χ0) is 18.5. The van der Waals surface area contributed by atoms with Gasteiger partial charge >= 0.3 is 0 Å². The van der Waals surface area contributed by atoms with E-state index in [1.165, 1.54) is 23.5 Å². The maximum atomic E-state index is 13.2. The number of benzene rings is 1. The second-order valence-electron chi connectivity index (χ2n) is 7.29. The number of halogens is 2. The topological polar surface area (TPSA) is 64.2 Å². The molecule has 5 nitrogen and oxygen atoms in total.